The SMILES string of the molecule is Cc1cc(NC(=O)c2cc(N)cnc2Cl)cc(C)c1Br. The molecule has 20 heavy (non-hydrogen) atoms. The van der Waals surface area contributed by atoms with E-state index in [1.807, 2.05) is 26.0 Å². The summed E-state index contributed by atoms with van der Waals surface area (Å²) in [5.41, 5.74) is 9.04. The van der Waals surface area contributed by atoms with Gasteiger partial charge in [0, 0.05) is 10.2 Å². The number of halogens is 2. The molecular formula is C14H13BrClN3O. The zero-order chi connectivity index (χ0) is 14.9. The van der Waals surface area contributed by atoms with Crippen molar-refractivity contribution in [2.45, 2.75) is 13.8 Å². The fraction of sp³-hybridized carbons (Fsp3) is 0.143. The van der Waals surface area contributed by atoms with Gasteiger partial charge in [0.1, 0.15) is 5.15 Å². The second-order valence-corrected chi connectivity index (χ2v) is 5.64. The highest BCUT2D eigenvalue weighted by atomic mass is 79.9. The van der Waals surface area contributed by atoms with E-state index in [9.17, 15) is 4.79 Å². The summed E-state index contributed by atoms with van der Waals surface area (Å²) in [6.45, 7) is 3.92. The Hall–Kier alpha value is -1.59. The predicted octanol–water partition coefficient (Wildman–Crippen LogP) is 3.95. The van der Waals surface area contributed by atoms with Gasteiger partial charge in [-0.05, 0) is 43.2 Å². The number of aromatic nitrogens is 1. The van der Waals surface area contributed by atoms with Crippen molar-refractivity contribution in [3.8, 4) is 0 Å². The van der Waals surface area contributed by atoms with Crippen molar-refractivity contribution >= 4 is 44.8 Å². The third-order valence-electron chi connectivity index (χ3n) is 2.80. The molecule has 6 heteroatoms. The second-order valence-electron chi connectivity index (χ2n) is 4.49. The molecule has 2 aromatic rings. The number of aryl methyl sites for hydroxylation is 2. The average molecular weight is 355 g/mol. The van der Waals surface area contributed by atoms with Crippen LogP contribution in [0.25, 0.3) is 0 Å². The monoisotopic (exact) mass is 353 g/mol. The molecule has 0 saturated heterocycles. The van der Waals surface area contributed by atoms with Gasteiger partial charge < -0.3 is 11.1 Å². The number of nitrogens with two attached hydrogens (primary N) is 1. The van der Waals surface area contributed by atoms with Gasteiger partial charge in [0.2, 0.25) is 0 Å². The van der Waals surface area contributed by atoms with Crippen LogP contribution in [-0.4, -0.2) is 10.9 Å². The summed E-state index contributed by atoms with van der Waals surface area (Å²) in [4.78, 5) is 16.1. The van der Waals surface area contributed by atoms with Crippen LogP contribution in [-0.2, 0) is 0 Å². The van der Waals surface area contributed by atoms with E-state index in [1.54, 1.807) is 0 Å². The predicted molar refractivity (Wildman–Crippen MR) is 85.2 cm³/mol. The van der Waals surface area contributed by atoms with Crippen molar-refractivity contribution in [3.05, 3.63) is 50.7 Å². The highest BCUT2D eigenvalue weighted by Gasteiger charge is 2.13. The maximum atomic E-state index is 12.2. The lowest BCUT2D eigenvalue weighted by Gasteiger charge is -2.10. The summed E-state index contributed by atoms with van der Waals surface area (Å²) in [7, 11) is 0. The molecule has 0 fully saturated rings. The molecule has 1 amide bonds. The van der Waals surface area contributed by atoms with E-state index in [-0.39, 0.29) is 16.6 Å². The minimum Gasteiger partial charge on any atom is -0.397 e. The molecule has 0 spiro atoms. The van der Waals surface area contributed by atoms with Crippen LogP contribution in [0.15, 0.2) is 28.9 Å². The van der Waals surface area contributed by atoms with Gasteiger partial charge in [-0.15, -0.1) is 0 Å². The first-order valence-corrected chi connectivity index (χ1v) is 7.04. The van der Waals surface area contributed by atoms with Crippen LogP contribution in [0.2, 0.25) is 5.15 Å². The molecule has 3 N–H and O–H groups in total. The first kappa shape index (κ1) is 14.8. The van der Waals surface area contributed by atoms with E-state index in [2.05, 4.69) is 26.2 Å². The van der Waals surface area contributed by atoms with Crippen LogP contribution >= 0.6 is 27.5 Å². The minimum absolute atomic E-state index is 0.127. The number of carbonyl (C=O) groups excluding carboxylic acids is 1. The zero-order valence-corrected chi connectivity index (χ0v) is 13.3. The summed E-state index contributed by atoms with van der Waals surface area (Å²) in [5.74, 6) is -0.337. The van der Waals surface area contributed by atoms with Crippen LogP contribution in [0.1, 0.15) is 21.5 Å². The number of nitrogen functional groups attached to an aromatic ring is 1. The minimum atomic E-state index is -0.337. The first-order chi connectivity index (χ1) is 9.38. The zero-order valence-electron chi connectivity index (χ0n) is 11.0. The van der Waals surface area contributed by atoms with Crippen LogP contribution in [0.5, 0.6) is 0 Å². The second kappa shape index (κ2) is 5.81. The number of amides is 1. The smallest absolute Gasteiger partial charge is 0.258 e. The third-order valence-corrected chi connectivity index (χ3v) is 4.35. The van der Waals surface area contributed by atoms with Gasteiger partial charge in [-0.25, -0.2) is 4.98 Å². The summed E-state index contributed by atoms with van der Waals surface area (Å²) < 4.78 is 1.03. The standard InChI is InChI=1S/C14H13BrClN3O/c1-7-3-10(4-8(2)12(7)15)19-14(20)11-5-9(17)6-18-13(11)16/h3-6H,17H2,1-2H3,(H,19,20). The highest BCUT2D eigenvalue weighted by Crippen LogP contribution is 2.26. The number of nitrogens with zero attached hydrogens (tertiary/aromatic N) is 1. The number of pyridine rings is 1. The molecule has 104 valence electrons. The van der Waals surface area contributed by atoms with Crippen molar-refractivity contribution in [1.29, 1.82) is 0 Å². The van der Waals surface area contributed by atoms with E-state index in [0.717, 1.165) is 15.6 Å². The summed E-state index contributed by atoms with van der Waals surface area (Å²) in [6, 6.07) is 5.26. The molecule has 0 atom stereocenters. The molecule has 2 rings (SSSR count). The van der Waals surface area contributed by atoms with E-state index < -0.39 is 0 Å². The van der Waals surface area contributed by atoms with E-state index >= 15 is 0 Å². The molecule has 0 radical (unpaired) electrons. The molecule has 0 aliphatic rings. The van der Waals surface area contributed by atoms with E-state index in [4.69, 9.17) is 17.3 Å². The summed E-state index contributed by atoms with van der Waals surface area (Å²) >= 11 is 9.40. The van der Waals surface area contributed by atoms with Crippen LogP contribution in [0, 0.1) is 13.8 Å². The number of benzene rings is 1. The Bertz CT molecular complexity index is 665. The molecule has 1 aromatic heterocycles. The Balaban J connectivity index is 2.30. The van der Waals surface area contributed by atoms with Crippen molar-refractivity contribution < 1.29 is 4.79 Å². The molecule has 1 heterocycles. The number of hydrogen-bond acceptors (Lipinski definition) is 3. The molecule has 0 aliphatic heterocycles. The van der Waals surface area contributed by atoms with Crippen LogP contribution in [0.4, 0.5) is 11.4 Å². The Morgan fingerprint density at radius 3 is 2.50 bits per heavy atom. The molecule has 0 unspecified atom stereocenters. The Morgan fingerprint density at radius 2 is 1.90 bits per heavy atom. The highest BCUT2D eigenvalue weighted by molar-refractivity contribution is 9.10. The molecule has 0 aliphatic carbocycles. The third kappa shape index (κ3) is 3.11. The fourth-order valence-electron chi connectivity index (χ4n) is 1.84. The van der Waals surface area contributed by atoms with Gasteiger partial charge in [0.15, 0.2) is 0 Å². The van der Waals surface area contributed by atoms with Crippen molar-refractivity contribution in [2.75, 3.05) is 11.1 Å². The lowest BCUT2D eigenvalue weighted by atomic mass is 10.1. The Labute approximate surface area is 130 Å². The number of nitrogens with one attached hydrogen (secondary N) is 1. The number of rotatable bonds is 2. The van der Waals surface area contributed by atoms with E-state index in [1.165, 1.54) is 12.3 Å². The topological polar surface area (TPSA) is 68.0 Å². The molecule has 4 nitrogen and oxygen atoms in total. The lowest BCUT2D eigenvalue weighted by molar-refractivity contribution is 0.102. The average Bonchev–Trinajstić information content (AvgIpc) is 2.38. The summed E-state index contributed by atoms with van der Waals surface area (Å²) in [5, 5.41) is 2.92. The van der Waals surface area contributed by atoms with Gasteiger partial charge in [-0.1, -0.05) is 27.5 Å². The van der Waals surface area contributed by atoms with Crippen LogP contribution in [0.3, 0.4) is 0 Å². The first-order valence-electron chi connectivity index (χ1n) is 5.87. The van der Waals surface area contributed by atoms with Crippen molar-refractivity contribution in [2.24, 2.45) is 0 Å². The van der Waals surface area contributed by atoms with Crippen molar-refractivity contribution in [3.63, 3.8) is 0 Å². The van der Waals surface area contributed by atoms with Crippen LogP contribution < -0.4 is 11.1 Å². The molecule has 0 bridgehead atoms. The van der Waals surface area contributed by atoms with E-state index in [0.29, 0.717) is 11.4 Å². The van der Waals surface area contributed by atoms with Crippen molar-refractivity contribution in [1.82, 2.24) is 4.98 Å². The Morgan fingerprint density at radius 1 is 1.30 bits per heavy atom. The number of carbonyl (C=O) groups is 1. The Kier molecular flexibility index (Phi) is 4.30. The van der Waals surface area contributed by atoms with Gasteiger partial charge >= 0.3 is 0 Å². The maximum Gasteiger partial charge on any atom is 0.258 e. The fourth-order valence-corrected chi connectivity index (χ4v) is 2.26. The van der Waals surface area contributed by atoms with Gasteiger partial charge in [-0.2, -0.15) is 0 Å². The molecule has 0 saturated carbocycles. The largest absolute Gasteiger partial charge is 0.397 e. The normalized spacial score (nSPS) is 10.4. The maximum absolute atomic E-state index is 12.2. The molecule has 1 aromatic carbocycles. The van der Waals surface area contributed by atoms with Gasteiger partial charge in [-0.3, -0.25) is 4.79 Å². The number of anilines is 2. The quantitative estimate of drug-likeness (QED) is 0.802. The van der Waals surface area contributed by atoms with Gasteiger partial charge in [0.25, 0.3) is 5.91 Å². The summed E-state index contributed by atoms with van der Waals surface area (Å²) in [6.07, 6.45) is 1.41. The number of hydrogen-bond donors (Lipinski definition) is 2. The molecular weight excluding hydrogens is 342 g/mol. The lowest BCUT2D eigenvalue weighted by Crippen LogP contribution is -2.13. The van der Waals surface area contributed by atoms with Gasteiger partial charge in [0.05, 0.1) is 17.4 Å².